The van der Waals surface area contributed by atoms with Crippen molar-refractivity contribution in [2.24, 2.45) is 17.6 Å². The van der Waals surface area contributed by atoms with E-state index < -0.39 is 72.4 Å². The van der Waals surface area contributed by atoms with Crippen molar-refractivity contribution in [2.75, 3.05) is 19.6 Å². The number of nitrogens with zero attached hydrogens (tertiary/aromatic N) is 2. The van der Waals surface area contributed by atoms with E-state index in [0.29, 0.717) is 12.8 Å². The summed E-state index contributed by atoms with van der Waals surface area (Å²) in [6.07, 6.45) is 2.51. The molecule has 0 aromatic carbocycles. The van der Waals surface area contributed by atoms with Crippen LogP contribution in [0.25, 0.3) is 0 Å². The Labute approximate surface area is 282 Å². The fourth-order valence-electron chi connectivity index (χ4n) is 4.81. The molecule has 19 heteroatoms. The van der Waals surface area contributed by atoms with Gasteiger partial charge in [-0.3, -0.25) is 33.6 Å². The average Bonchev–Trinajstić information content (AvgIpc) is 3.70. The van der Waals surface area contributed by atoms with Crippen molar-refractivity contribution >= 4 is 41.4 Å². The maximum Gasteiger partial charge on any atom is 0.325 e. The molecule has 0 unspecified atom stereocenters. The van der Waals surface area contributed by atoms with Crippen LogP contribution < -0.4 is 32.3 Å². The molecule has 2 rings (SSSR count). The Morgan fingerprint density at radius 2 is 1.22 bits per heavy atom. The van der Waals surface area contributed by atoms with Crippen LogP contribution in [-0.4, -0.2) is 115 Å². The molecule has 0 saturated heterocycles. The van der Waals surface area contributed by atoms with Crippen molar-refractivity contribution in [2.45, 2.75) is 78.0 Å². The standard InChI is InChI=1S/C30H46N10O9/c1-14(2)6-17(9-31)38-27(45)24-25(36-13-35-24)29(47)40-19(8-21(42)43)20(41)11-32-10-18(7-15(3)4)39-28(46)23-22(33-12-34-23)26(44)37-16(5)30(48)49/h12-19,32H,6-11,31H2,1-5H3,(H,33,34)(H,35,36)(H,37,44)(H,38,45)(H,39,46)(H,40,47)(H,42,43)(H,48,49)/t16-,17-,18-,19-/m0/s1. The molecule has 0 aliphatic heterocycles. The van der Waals surface area contributed by atoms with Gasteiger partial charge in [0.2, 0.25) is 0 Å². The van der Waals surface area contributed by atoms with E-state index in [-0.39, 0.29) is 53.7 Å². The second-order valence-corrected chi connectivity index (χ2v) is 12.3. The highest BCUT2D eigenvalue weighted by molar-refractivity contribution is 6.07. The third-order valence-corrected chi connectivity index (χ3v) is 7.11. The Kier molecular flexibility index (Phi) is 15.5. The topological polar surface area (TPSA) is 303 Å². The van der Waals surface area contributed by atoms with Gasteiger partial charge in [-0.15, -0.1) is 0 Å². The van der Waals surface area contributed by atoms with Gasteiger partial charge in [0, 0.05) is 25.2 Å². The molecule has 0 aliphatic carbocycles. The zero-order chi connectivity index (χ0) is 36.8. The first-order chi connectivity index (χ1) is 23.0. The minimum Gasteiger partial charge on any atom is -0.481 e. The van der Waals surface area contributed by atoms with Gasteiger partial charge < -0.3 is 52.5 Å². The van der Waals surface area contributed by atoms with Crippen molar-refractivity contribution in [3.05, 3.63) is 35.4 Å². The van der Waals surface area contributed by atoms with Gasteiger partial charge in [-0.25, -0.2) is 9.97 Å². The number of carbonyl (C=O) groups is 7. The van der Waals surface area contributed by atoms with Crippen molar-refractivity contribution in [1.82, 2.24) is 46.5 Å². The van der Waals surface area contributed by atoms with Gasteiger partial charge in [0.15, 0.2) is 17.2 Å². The number of aromatic amines is 2. The molecule has 0 radical (unpaired) electrons. The van der Waals surface area contributed by atoms with Crippen LogP contribution in [0.2, 0.25) is 0 Å². The number of carboxylic acid groups (broad SMARTS) is 2. The zero-order valence-corrected chi connectivity index (χ0v) is 28.1. The van der Waals surface area contributed by atoms with E-state index in [2.05, 4.69) is 46.5 Å². The molecule has 0 aliphatic rings. The number of carboxylic acids is 2. The summed E-state index contributed by atoms with van der Waals surface area (Å²) in [6.45, 7) is 8.78. The molecule has 49 heavy (non-hydrogen) atoms. The largest absolute Gasteiger partial charge is 0.481 e. The van der Waals surface area contributed by atoms with Crippen molar-refractivity contribution < 1.29 is 43.8 Å². The van der Waals surface area contributed by atoms with Gasteiger partial charge in [-0.2, -0.15) is 0 Å². The minimum absolute atomic E-state index is 0.0367. The van der Waals surface area contributed by atoms with Gasteiger partial charge in [0.05, 0.1) is 31.7 Å². The summed E-state index contributed by atoms with van der Waals surface area (Å²) >= 11 is 0. The van der Waals surface area contributed by atoms with Crippen molar-refractivity contribution in [1.29, 1.82) is 0 Å². The third-order valence-electron chi connectivity index (χ3n) is 7.11. The van der Waals surface area contributed by atoms with Crippen LogP contribution in [0.4, 0.5) is 0 Å². The Hall–Kier alpha value is -5.17. The Bertz CT molecular complexity index is 1490. The van der Waals surface area contributed by atoms with Crippen LogP contribution in [0, 0.1) is 11.8 Å². The Morgan fingerprint density at radius 1 is 0.735 bits per heavy atom. The van der Waals surface area contributed by atoms with E-state index in [1.54, 1.807) is 0 Å². The summed E-state index contributed by atoms with van der Waals surface area (Å²) in [7, 11) is 0. The number of imidazole rings is 2. The molecule has 4 atom stereocenters. The molecule has 0 saturated carbocycles. The fraction of sp³-hybridized carbons (Fsp3) is 0.567. The second kappa shape index (κ2) is 19.0. The fourth-order valence-corrected chi connectivity index (χ4v) is 4.81. The van der Waals surface area contributed by atoms with E-state index in [0.717, 1.165) is 12.7 Å². The molecule has 2 aromatic rings. The number of aromatic nitrogens is 4. The van der Waals surface area contributed by atoms with E-state index in [4.69, 9.17) is 10.8 Å². The number of hydrogen-bond acceptors (Lipinski definition) is 11. The van der Waals surface area contributed by atoms with E-state index >= 15 is 0 Å². The summed E-state index contributed by atoms with van der Waals surface area (Å²) in [4.78, 5) is 100. The van der Waals surface area contributed by atoms with E-state index in [1.165, 1.54) is 6.92 Å². The highest BCUT2D eigenvalue weighted by atomic mass is 16.4. The number of rotatable bonds is 21. The molecule has 2 aromatic heterocycles. The van der Waals surface area contributed by atoms with Crippen LogP contribution in [0.5, 0.6) is 0 Å². The number of H-pyrrole nitrogens is 2. The molecule has 11 N–H and O–H groups in total. The zero-order valence-electron chi connectivity index (χ0n) is 28.1. The van der Waals surface area contributed by atoms with Crippen LogP contribution >= 0.6 is 0 Å². The summed E-state index contributed by atoms with van der Waals surface area (Å²) < 4.78 is 0. The molecule has 2 heterocycles. The Morgan fingerprint density at radius 3 is 1.69 bits per heavy atom. The molecule has 0 spiro atoms. The molecule has 270 valence electrons. The number of aliphatic carboxylic acids is 2. The van der Waals surface area contributed by atoms with Gasteiger partial charge >= 0.3 is 11.9 Å². The van der Waals surface area contributed by atoms with Crippen LogP contribution in [0.15, 0.2) is 12.7 Å². The molecule has 0 fully saturated rings. The predicted octanol–water partition coefficient (Wildman–Crippen LogP) is -0.985. The number of nitrogens with one attached hydrogen (secondary N) is 7. The van der Waals surface area contributed by atoms with Gasteiger partial charge in [0.25, 0.3) is 23.6 Å². The van der Waals surface area contributed by atoms with Crippen molar-refractivity contribution in [3.8, 4) is 0 Å². The Balaban J connectivity index is 2.08. The van der Waals surface area contributed by atoms with Crippen LogP contribution in [0.3, 0.4) is 0 Å². The predicted molar refractivity (Wildman–Crippen MR) is 174 cm³/mol. The highest BCUT2D eigenvalue weighted by Gasteiger charge is 2.29. The molecular weight excluding hydrogens is 644 g/mol. The SMILES string of the molecule is CC(C)C[C@@H](CNCC(=O)[C@H](CC(=O)O)NC(=O)c1[nH]cnc1C(=O)N[C@H](CN)CC(C)C)NC(=O)c1nc[nH]c1C(=O)N[C@@H](C)C(=O)O. The third kappa shape index (κ3) is 12.8. The normalized spacial score (nSPS) is 13.6. The maximum atomic E-state index is 13.1. The summed E-state index contributed by atoms with van der Waals surface area (Å²) in [5.41, 5.74) is 4.73. The van der Waals surface area contributed by atoms with Crippen molar-refractivity contribution in [3.63, 3.8) is 0 Å². The lowest BCUT2D eigenvalue weighted by Crippen LogP contribution is -2.49. The number of carbonyl (C=O) groups excluding carboxylic acids is 5. The van der Waals surface area contributed by atoms with Gasteiger partial charge in [-0.1, -0.05) is 27.7 Å². The first-order valence-corrected chi connectivity index (χ1v) is 15.7. The van der Waals surface area contributed by atoms with Gasteiger partial charge in [-0.05, 0) is 31.6 Å². The highest BCUT2D eigenvalue weighted by Crippen LogP contribution is 2.10. The first kappa shape index (κ1) is 40.0. The monoisotopic (exact) mass is 690 g/mol. The lowest BCUT2D eigenvalue weighted by Gasteiger charge is -2.22. The number of Topliss-reactive ketones (excluding diaryl/α,β-unsaturated/α-hetero) is 1. The molecule has 19 nitrogen and oxygen atoms in total. The maximum absolute atomic E-state index is 13.1. The smallest absolute Gasteiger partial charge is 0.325 e. The number of nitrogens with two attached hydrogens (primary N) is 1. The molecular formula is C30H46N10O9. The van der Waals surface area contributed by atoms with E-state index in [1.807, 2.05) is 27.7 Å². The lowest BCUT2D eigenvalue weighted by molar-refractivity contribution is -0.139. The summed E-state index contributed by atoms with van der Waals surface area (Å²) in [6, 6.07) is -3.66. The average molecular weight is 691 g/mol. The second-order valence-electron chi connectivity index (χ2n) is 12.3. The number of amides is 4. The van der Waals surface area contributed by atoms with Crippen LogP contribution in [-0.2, 0) is 14.4 Å². The summed E-state index contributed by atoms with van der Waals surface area (Å²) in [5, 5.41) is 31.4. The summed E-state index contributed by atoms with van der Waals surface area (Å²) in [5.74, 6) is -6.16. The first-order valence-electron chi connectivity index (χ1n) is 15.7. The van der Waals surface area contributed by atoms with E-state index in [9.17, 15) is 38.7 Å². The van der Waals surface area contributed by atoms with Crippen LogP contribution in [0.1, 0.15) is 95.8 Å². The molecule has 0 bridgehead atoms. The lowest BCUT2D eigenvalue weighted by atomic mass is 10.0. The molecule has 4 amide bonds. The quantitative estimate of drug-likeness (QED) is 0.0754. The van der Waals surface area contributed by atoms with Gasteiger partial charge in [0.1, 0.15) is 17.4 Å². The minimum atomic E-state index is -1.48. The number of hydrogen-bond donors (Lipinski definition) is 10. The number of ketones is 1.